The molecule has 0 aliphatic carbocycles. The largest absolute Gasteiger partial charge is 0.416 e. The molecule has 2 atom stereocenters. The number of alkyl halides is 3. The molecule has 1 aromatic rings. The lowest BCUT2D eigenvalue weighted by Gasteiger charge is -2.44. The third-order valence-electron chi connectivity index (χ3n) is 4.30. The van der Waals surface area contributed by atoms with Gasteiger partial charge in [-0.1, -0.05) is 24.6 Å². The van der Waals surface area contributed by atoms with E-state index in [1.807, 2.05) is 11.8 Å². The van der Waals surface area contributed by atoms with Gasteiger partial charge in [-0.25, -0.2) is 0 Å². The van der Waals surface area contributed by atoms with Crippen LogP contribution in [0.5, 0.6) is 0 Å². The molecule has 2 unspecified atom stereocenters. The average molecular weight is 302 g/mol. The second-order valence-corrected chi connectivity index (χ2v) is 7.40. The fourth-order valence-electron chi connectivity index (χ4n) is 3.47. The van der Waals surface area contributed by atoms with E-state index in [1.54, 1.807) is 6.07 Å². The van der Waals surface area contributed by atoms with E-state index in [0.29, 0.717) is 12.8 Å². The Hall–Kier alpha value is -0.680. The van der Waals surface area contributed by atoms with Crippen LogP contribution in [0.3, 0.4) is 0 Å². The van der Waals surface area contributed by atoms with Crippen LogP contribution in [0.25, 0.3) is 0 Å². The lowest BCUT2D eigenvalue weighted by molar-refractivity contribution is -0.141. The molecule has 5 heteroatoms. The molecule has 2 saturated heterocycles. The van der Waals surface area contributed by atoms with Gasteiger partial charge in [0.15, 0.2) is 0 Å². The molecule has 20 heavy (non-hydrogen) atoms. The van der Waals surface area contributed by atoms with Crippen molar-refractivity contribution in [2.75, 3.05) is 0 Å². The SMILES string of the molecule is OC1(c2ccccc2C(F)(F)F)CC2CCCC(C1)S2. The van der Waals surface area contributed by atoms with Gasteiger partial charge in [-0.3, -0.25) is 0 Å². The summed E-state index contributed by atoms with van der Waals surface area (Å²) in [6.07, 6.45) is -0.427. The summed E-state index contributed by atoms with van der Waals surface area (Å²) in [5, 5.41) is 11.5. The van der Waals surface area contributed by atoms with Crippen molar-refractivity contribution in [1.29, 1.82) is 0 Å². The quantitative estimate of drug-likeness (QED) is 0.832. The molecule has 1 N–H and O–H groups in total. The molecule has 0 saturated carbocycles. The average Bonchev–Trinajstić information content (AvgIpc) is 2.37. The predicted octanol–water partition coefficient (Wildman–Crippen LogP) is 4.34. The second-order valence-electron chi connectivity index (χ2n) is 5.79. The first kappa shape index (κ1) is 14.3. The highest BCUT2D eigenvalue weighted by atomic mass is 32.2. The summed E-state index contributed by atoms with van der Waals surface area (Å²) in [5.74, 6) is 0. The molecular formula is C15H17F3OS. The molecule has 0 spiro atoms. The number of halogens is 3. The summed E-state index contributed by atoms with van der Waals surface area (Å²) >= 11 is 1.84. The maximum atomic E-state index is 13.1. The van der Waals surface area contributed by atoms with E-state index in [1.165, 1.54) is 12.1 Å². The monoisotopic (exact) mass is 302 g/mol. The van der Waals surface area contributed by atoms with Crippen LogP contribution in [0, 0.1) is 0 Å². The molecule has 0 aromatic heterocycles. The van der Waals surface area contributed by atoms with Crippen molar-refractivity contribution >= 4 is 11.8 Å². The van der Waals surface area contributed by atoms with Crippen molar-refractivity contribution in [2.45, 2.75) is 54.4 Å². The molecule has 110 valence electrons. The standard InChI is InChI=1S/C15H17F3OS/c16-15(17,18)13-7-2-1-6-12(13)14(19)8-10-4-3-5-11(9-14)20-10/h1-2,6-7,10-11,19H,3-5,8-9H2. The number of aliphatic hydroxyl groups is 1. The zero-order valence-corrected chi connectivity index (χ0v) is 11.8. The van der Waals surface area contributed by atoms with Crippen LogP contribution in [-0.2, 0) is 11.8 Å². The molecule has 0 radical (unpaired) electrons. The number of thioether (sulfide) groups is 1. The minimum Gasteiger partial charge on any atom is -0.385 e. The normalized spacial score (nSPS) is 34.0. The lowest BCUT2D eigenvalue weighted by atomic mass is 9.78. The predicted molar refractivity (Wildman–Crippen MR) is 73.6 cm³/mol. The molecule has 2 fully saturated rings. The van der Waals surface area contributed by atoms with Gasteiger partial charge in [-0.15, -0.1) is 0 Å². The highest BCUT2D eigenvalue weighted by molar-refractivity contribution is 8.00. The number of hydrogen-bond donors (Lipinski definition) is 1. The van der Waals surface area contributed by atoms with Crippen molar-refractivity contribution in [3.8, 4) is 0 Å². The van der Waals surface area contributed by atoms with Gasteiger partial charge in [0.1, 0.15) is 0 Å². The fraction of sp³-hybridized carbons (Fsp3) is 0.600. The Labute approximate surface area is 120 Å². The van der Waals surface area contributed by atoms with Crippen LogP contribution >= 0.6 is 11.8 Å². The van der Waals surface area contributed by atoms with Crippen LogP contribution < -0.4 is 0 Å². The Balaban J connectivity index is 2.00. The Morgan fingerprint density at radius 3 is 2.30 bits per heavy atom. The minimum atomic E-state index is -4.41. The van der Waals surface area contributed by atoms with Crippen LogP contribution in [0.15, 0.2) is 24.3 Å². The third-order valence-corrected chi connectivity index (χ3v) is 5.88. The smallest absolute Gasteiger partial charge is 0.385 e. The molecule has 2 aliphatic heterocycles. The summed E-state index contributed by atoms with van der Waals surface area (Å²) in [4.78, 5) is 0. The van der Waals surface area contributed by atoms with Crippen LogP contribution in [-0.4, -0.2) is 15.6 Å². The molecule has 1 aromatic carbocycles. The molecule has 0 amide bonds. The third kappa shape index (κ3) is 2.58. The van der Waals surface area contributed by atoms with E-state index in [4.69, 9.17) is 0 Å². The Morgan fingerprint density at radius 1 is 1.10 bits per heavy atom. The number of rotatable bonds is 1. The van der Waals surface area contributed by atoms with Crippen LogP contribution in [0.4, 0.5) is 13.2 Å². The minimum absolute atomic E-state index is 0.0599. The Morgan fingerprint density at radius 2 is 1.70 bits per heavy atom. The van der Waals surface area contributed by atoms with Crippen molar-refractivity contribution in [2.24, 2.45) is 0 Å². The summed E-state index contributed by atoms with van der Waals surface area (Å²) in [7, 11) is 0. The second kappa shape index (κ2) is 4.95. The van der Waals surface area contributed by atoms with Gasteiger partial charge < -0.3 is 5.11 Å². The summed E-state index contributed by atoms with van der Waals surface area (Å²) < 4.78 is 39.4. The number of hydrogen-bond acceptors (Lipinski definition) is 2. The summed E-state index contributed by atoms with van der Waals surface area (Å²) in [5.41, 5.74) is -1.95. The molecule has 1 nitrogen and oxygen atoms in total. The van der Waals surface area contributed by atoms with Crippen molar-refractivity contribution in [3.63, 3.8) is 0 Å². The molecule has 2 bridgehead atoms. The maximum Gasteiger partial charge on any atom is 0.416 e. The van der Waals surface area contributed by atoms with E-state index in [0.717, 1.165) is 25.3 Å². The summed E-state index contributed by atoms with van der Waals surface area (Å²) in [6, 6.07) is 5.48. The van der Waals surface area contributed by atoms with E-state index in [9.17, 15) is 18.3 Å². The van der Waals surface area contributed by atoms with Gasteiger partial charge >= 0.3 is 6.18 Å². The fourth-order valence-corrected chi connectivity index (χ4v) is 5.37. The molecule has 2 heterocycles. The molecule has 3 rings (SSSR count). The highest BCUT2D eigenvalue weighted by Gasteiger charge is 2.46. The Kier molecular flexibility index (Phi) is 3.53. The topological polar surface area (TPSA) is 20.2 Å². The lowest BCUT2D eigenvalue weighted by Crippen LogP contribution is -2.41. The van der Waals surface area contributed by atoms with E-state index in [2.05, 4.69) is 0 Å². The van der Waals surface area contributed by atoms with Gasteiger partial charge in [0, 0.05) is 10.5 Å². The first-order valence-electron chi connectivity index (χ1n) is 6.93. The zero-order chi connectivity index (χ0) is 14.4. The van der Waals surface area contributed by atoms with E-state index < -0.39 is 17.3 Å². The maximum absolute atomic E-state index is 13.1. The van der Waals surface area contributed by atoms with E-state index in [-0.39, 0.29) is 16.1 Å². The first-order valence-corrected chi connectivity index (χ1v) is 7.87. The van der Waals surface area contributed by atoms with Crippen molar-refractivity contribution < 1.29 is 18.3 Å². The van der Waals surface area contributed by atoms with Gasteiger partial charge in [0.25, 0.3) is 0 Å². The number of benzene rings is 1. The summed E-state index contributed by atoms with van der Waals surface area (Å²) in [6.45, 7) is 0. The zero-order valence-electron chi connectivity index (χ0n) is 11.0. The van der Waals surface area contributed by atoms with Gasteiger partial charge in [0.05, 0.1) is 11.2 Å². The molecular weight excluding hydrogens is 285 g/mol. The Bertz CT molecular complexity index is 488. The van der Waals surface area contributed by atoms with Gasteiger partial charge in [-0.05, 0) is 37.3 Å². The molecule has 2 aliphatic rings. The van der Waals surface area contributed by atoms with Gasteiger partial charge in [-0.2, -0.15) is 24.9 Å². The van der Waals surface area contributed by atoms with Crippen LogP contribution in [0.2, 0.25) is 0 Å². The van der Waals surface area contributed by atoms with Crippen LogP contribution in [0.1, 0.15) is 43.2 Å². The van der Waals surface area contributed by atoms with Gasteiger partial charge in [0.2, 0.25) is 0 Å². The number of fused-ring (bicyclic) bond motifs is 2. The highest BCUT2D eigenvalue weighted by Crippen LogP contribution is 2.51. The first-order chi connectivity index (χ1) is 9.38. The van der Waals surface area contributed by atoms with Crippen molar-refractivity contribution in [3.05, 3.63) is 35.4 Å². The van der Waals surface area contributed by atoms with Crippen molar-refractivity contribution in [1.82, 2.24) is 0 Å². The van der Waals surface area contributed by atoms with E-state index >= 15 is 0 Å².